The smallest absolute Gasteiger partial charge is 0.220 e. The first kappa shape index (κ1) is 63.4. The SMILES string of the molecule is CCCCCCCCCCCCCCCCCC/C=C/CC/C=C/CC/C=C/C(O)C(COC1OC(CO)C(O)C(O)C1O)NC(=O)CCCCCCCCCCCCCCCCCCCC. The number of carbonyl (C=O) groups excluding carboxylic acids is 1. The van der Waals surface area contributed by atoms with E-state index in [0.717, 1.165) is 44.9 Å². The van der Waals surface area contributed by atoms with E-state index in [1.807, 2.05) is 6.08 Å². The summed E-state index contributed by atoms with van der Waals surface area (Å²) >= 11 is 0. The molecule has 0 saturated carbocycles. The van der Waals surface area contributed by atoms with E-state index < -0.39 is 49.5 Å². The molecule has 394 valence electrons. The van der Waals surface area contributed by atoms with Crippen LogP contribution in [0.3, 0.4) is 0 Å². The summed E-state index contributed by atoms with van der Waals surface area (Å²) in [5, 5.41) is 54.4. The van der Waals surface area contributed by atoms with Gasteiger partial charge < -0.3 is 40.3 Å². The average molecular weight is 949 g/mol. The van der Waals surface area contributed by atoms with E-state index in [1.54, 1.807) is 6.08 Å². The molecule has 1 amide bonds. The van der Waals surface area contributed by atoms with Crippen LogP contribution in [0.2, 0.25) is 0 Å². The Balaban J connectivity index is 2.26. The molecule has 0 bridgehead atoms. The summed E-state index contributed by atoms with van der Waals surface area (Å²) in [7, 11) is 0. The molecule has 1 rings (SSSR count). The second-order valence-corrected chi connectivity index (χ2v) is 20.1. The standard InChI is InChI=1S/C58H109NO8/c1-3-5-7-9-11-13-15-17-19-21-23-24-25-26-27-28-29-30-31-33-35-37-39-41-43-45-47-52(61)51(50-66-58-57(65)56(64)55(63)53(49-60)67-58)59-54(62)48-46-44-42-40-38-36-34-32-22-20-18-16-14-12-10-8-6-4-2/h30-31,37,39,45,47,51-53,55-58,60-61,63-65H,3-29,32-36,38,40-44,46,48-50H2,1-2H3,(H,59,62)/b31-30+,39-37+,47-45+. The zero-order valence-corrected chi connectivity index (χ0v) is 43.7. The molecule has 0 aliphatic carbocycles. The number of nitrogens with one attached hydrogen (secondary N) is 1. The number of aliphatic hydroxyl groups excluding tert-OH is 5. The number of unbranched alkanes of at least 4 members (excludes halogenated alkanes) is 35. The number of aliphatic hydroxyl groups is 5. The van der Waals surface area contributed by atoms with Gasteiger partial charge in [0.1, 0.15) is 24.4 Å². The van der Waals surface area contributed by atoms with E-state index in [1.165, 1.54) is 205 Å². The minimum absolute atomic E-state index is 0.187. The third-order valence-electron chi connectivity index (χ3n) is 13.7. The van der Waals surface area contributed by atoms with Gasteiger partial charge in [-0.1, -0.05) is 256 Å². The summed E-state index contributed by atoms with van der Waals surface area (Å²) in [5.74, 6) is -0.187. The average Bonchev–Trinajstić information content (AvgIpc) is 3.33. The van der Waals surface area contributed by atoms with Crippen LogP contribution in [-0.4, -0.2) is 87.5 Å². The molecule has 7 unspecified atom stereocenters. The Hall–Kier alpha value is -1.59. The molecular formula is C58H109NO8. The highest BCUT2D eigenvalue weighted by Crippen LogP contribution is 2.23. The monoisotopic (exact) mass is 948 g/mol. The molecule has 1 aliphatic rings. The Morgan fingerprint density at radius 3 is 1.25 bits per heavy atom. The zero-order valence-electron chi connectivity index (χ0n) is 43.7. The molecule has 7 atom stereocenters. The lowest BCUT2D eigenvalue weighted by molar-refractivity contribution is -0.302. The van der Waals surface area contributed by atoms with Gasteiger partial charge in [-0.25, -0.2) is 0 Å². The van der Waals surface area contributed by atoms with Crippen molar-refractivity contribution in [3.63, 3.8) is 0 Å². The molecule has 1 saturated heterocycles. The molecule has 1 aliphatic heterocycles. The van der Waals surface area contributed by atoms with Gasteiger partial charge in [-0.3, -0.25) is 4.79 Å². The van der Waals surface area contributed by atoms with Crippen LogP contribution in [0.15, 0.2) is 36.5 Å². The summed E-state index contributed by atoms with van der Waals surface area (Å²) in [6, 6.07) is -0.826. The maximum atomic E-state index is 13.0. The lowest BCUT2D eigenvalue weighted by atomic mass is 9.99. The summed E-state index contributed by atoms with van der Waals surface area (Å²) < 4.78 is 11.2. The molecule has 9 nitrogen and oxygen atoms in total. The Morgan fingerprint density at radius 2 is 0.851 bits per heavy atom. The number of allylic oxidation sites excluding steroid dienone is 5. The number of hydrogen-bond acceptors (Lipinski definition) is 8. The van der Waals surface area contributed by atoms with E-state index in [9.17, 15) is 30.3 Å². The van der Waals surface area contributed by atoms with Crippen molar-refractivity contribution < 1.29 is 39.8 Å². The maximum absolute atomic E-state index is 13.0. The summed E-state index contributed by atoms with van der Waals surface area (Å²) in [6.45, 7) is 3.79. The van der Waals surface area contributed by atoms with Crippen molar-refractivity contribution in [2.24, 2.45) is 0 Å². The minimum atomic E-state index is -1.57. The normalized spacial score (nSPS) is 19.9. The Kier molecular flexibility index (Phi) is 45.5. The first-order chi connectivity index (χ1) is 32.8. The van der Waals surface area contributed by atoms with Gasteiger partial charge in [0.05, 0.1) is 25.4 Å². The van der Waals surface area contributed by atoms with Crippen molar-refractivity contribution in [3.8, 4) is 0 Å². The van der Waals surface area contributed by atoms with Crippen molar-refractivity contribution in [2.75, 3.05) is 13.2 Å². The summed E-state index contributed by atoms with van der Waals surface area (Å²) in [6.07, 6.45) is 55.0. The van der Waals surface area contributed by atoms with Crippen LogP contribution in [0.5, 0.6) is 0 Å². The zero-order chi connectivity index (χ0) is 48.7. The first-order valence-electron chi connectivity index (χ1n) is 28.7. The third kappa shape index (κ3) is 37.9. The number of carbonyl (C=O) groups is 1. The highest BCUT2D eigenvalue weighted by molar-refractivity contribution is 5.76. The lowest BCUT2D eigenvalue weighted by Gasteiger charge is -2.40. The van der Waals surface area contributed by atoms with Gasteiger partial charge in [0.15, 0.2) is 6.29 Å². The Labute approximate surface area is 412 Å². The fraction of sp³-hybridized carbons (Fsp3) is 0.879. The van der Waals surface area contributed by atoms with E-state index in [0.29, 0.717) is 6.42 Å². The number of ether oxygens (including phenoxy) is 2. The van der Waals surface area contributed by atoms with Crippen molar-refractivity contribution in [1.29, 1.82) is 0 Å². The fourth-order valence-corrected chi connectivity index (χ4v) is 9.13. The molecule has 67 heavy (non-hydrogen) atoms. The highest BCUT2D eigenvalue weighted by atomic mass is 16.7. The van der Waals surface area contributed by atoms with Crippen LogP contribution >= 0.6 is 0 Å². The topological polar surface area (TPSA) is 149 Å². The van der Waals surface area contributed by atoms with E-state index >= 15 is 0 Å². The first-order valence-corrected chi connectivity index (χ1v) is 28.7. The second-order valence-electron chi connectivity index (χ2n) is 20.1. The van der Waals surface area contributed by atoms with Crippen LogP contribution in [0, 0.1) is 0 Å². The molecule has 9 heteroatoms. The molecular weight excluding hydrogens is 839 g/mol. The molecule has 1 heterocycles. The third-order valence-corrected chi connectivity index (χ3v) is 13.7. The van der Waals surface area contributed by atoms with Gasteiger partial charge in [0.25, 0.3) is 0 Å². The fourth-order valence-electron chi connectivity index (χ4n) is 9.13. The van der Waals surface area contributed by atoms with E-state index in [4.69, 9.17) is 9.47 Å². The predicted octanol–water partition coefficient (Wildman–Crippen LogP) is 14.0. The minimum Gasteiger partial charge on any atom is -0.394 e. The van der Waals surface area contributed by atoms with Gasteiger partial charge in [-0.05, 0) is 44.9 Å². The van der Waals surface area contributed by atoms with Crippen molar-refractivity contribution in [1.82, 2.24) is 5.32 Å². The van der Waals surface area contributed by atoms with Gasteiger partial charge >= 0.3 is 0 Å². The Bertz CT molecular complexity index is 1150. The van der Waals surface area contributed by atoms with Crippen LogP contribution in [0.25, 0.3) is 0 Å². The van der Waals surface area contributed by atoms with E-state index in [2.05, 4.69) is 43.5 Å². The van der Waals surface area contributed by atoms with Crippen LogP contribution < -0.4 is 5.32 Å². The van der Waals surface area contributed by atoms with Gasteiger partial charge in [-0.15, -0.1) is 0 Å². The maximum Gasteiger partial charge on any atom is 0.220 e. The lowest BCUT2D eigenvalue weighted by Crippen LogP contribution is -2.60. The van der Waals surface area contributed by atoms with Crippen LogP contribution in [0.4, 0.5) is 0 Å². The van der Waals surface area contributed by atoms with Gasteiger partial charge in [0, 0.05) is 6.42 Å². The molecule has 0 aromatic rings. The number of rotatable bonds is 49. The van der Waals surface area contributed by atoms with Crippen molar-refractivity contribution in [3.05, 3.63) is 36.5 Å². The molecule has 0 aromatic carbocycles. The summed E-state index contributed by atoms with van der Waals surface area (Å²) in [4.78, 5) is 13.0. The van der Waals surface area contributed by atoms with Crippen LogP contribution in [-0.2, 0) is 14.3 Å². The van der Waals surface area contributed by atoms with Crippen LogP contribution in [0.1, 0.15) is 271 Å². The largest absolute Gasteiger partial charge is 0.394 e. The molecule has 0 spiro atoms. The van der Waals surface area contributed by atoms with Gasteiger partial charge in [0.2, 0.25) is 5.91 Å². The molecule has 1 fully saturated rings. The van der Waals surface area contributed by atoms with E-state index in [-0.39, 0.29) is 12.5 Å². The molecule has 0 aromatic heterocycles. The molecule has 6 N–H and O–H groups in total. The predicted molar refractivity (Wildman–Crippen MR) is 281 cm³/mol. The second kappa shape index (κ2) is 48.1. The summed E-state index contributed by atoms with van der Waals surface area (Å²) in [5.41, 5.74) is 0. The van der Waals surface area contributed by atoms with Crippen molar-refractivity contribution >= 4 is 5.91 Å². The Morgan fingerprint density at radius 1 is 0.493 bits per heavy atom. The van der Waals surface area contributed by atoms with Gasteiger partial charge in [-0.2, -0.15) is 0 Å². The number of amides is 1. The highest BCUT2D eigenvalue weighted by Gasteiger charge is 2.44. The molecule has 0 radical (unpaired) electrons. The number of hydrogen-bond donors (Lipinski definition) is 6. The quantitative estimate of drug-likeness (QED) is 0.0261. The van der Waals surface area contributed by atoms with Crippen molar-refractivity contribution in [2.45, 2.75) is 314 Å².